The number of fused-ring (bicyclic) bond motifs is 3. The van der Waals surface area contributed by atoms with Crippen molar-refractivity contribution in [3.63, 3.8) is 0 Å². The Bertz CT molecular complexity index is 1330. The van der Waals surface area contributed by atoms with Gasteiger partial charge in [0.1, 0.15) is 12.3 Å². The van der Waals surface area contributed by atoms with Gasteiger partial charge in [-0.2, -0.15) is 8.78 Å². The fourth-order valence-corrected chi connectivity index (χ4v) is 4.67. The largest absolute Gasteiger partial charge is 0.433 e. The zero-order valence-electron chi connectivity index (χ0n) is 17.5. The third-order valence-corrected chi connectivity index (χ3v) is 6.26. The molecule has 34 heavy (non-hydrogen) atoms. The zero-order chi connectivity index (χ0) is 24.0. The number of carbonyl (C=O) groups excluding carboxylic acids is 2. The first-order chi connectivity index (χ1) is 16.3. The van der Waals surface area contributed by atoms with Crippen LogP contribution in [-0.4, -0.2) is 64.0 Å². The molecule has 0 bridgehead atoms. The summed E-state index contributed by atoms with van der Waals surface area (Å²) in [6.45, 7) is -1.93. The van der Waals surface area contributed by atoms with Gasteiger partial charge in [0.15, 0.2) is 16.6 Å². The van der Waals surface area contributed by atoms with Crippen LogP contribution in [0.15, 0.2) is 34.9 Å². The third kappa shape index (κ3) is 3.96. The van der Waals surface area contributed by atoms with E-state index in [1.54, 1.807) is 18.5 Å². The normalized spacial score (nSPS) is 14.9. The van der Waals surface area contributed by atoms with E-state index in [9.17, 15) is 18.4 Å². The minimum Gasteiger partial charge on any atom is -0.433 e. The van der Waals surface area contributed by atoms with Crippen LogP contribution in [0.3, 0.4) is 0 Å². The molecular formula is C20H16ClF2N7O3S. The van der Waals surface area contributed by atoms with Gasteiger partial charge in [-0.1, -0.05) is 11.6 Å². The number of halogens is 3. The number of hydrogen-bond donors (Lipinski definition) is 1. The lowest BCUT2D eigenvalue weighted by Gasteiger charge is -2.30. The fourth-order valence-electron chi connectivity index (χ4n) is 3.71. The Balaban J connectivity index is 1.29. The van der Waals surface area contributed by atoms with E-state index >= 15 is 0 Å². The van der Waals surface area contributed by atoms with E-state index in [0.717, 1.165) is 0 Å². The Hall–Kier alpha value is -3.58. The van der Waals surface area contributed by atoms with Crippen LogP contribution < -0.4 is 15.0 Å². The molecule has 14 heteroatoms. The SMILES string of the molecule is CN1C(=O)c2c(ncn2CC(=O)Nc2nc(-c3ccc(OC(F)F)c(Cl)c3)cs2)N2CCN=C12. The van der Waals surface area contributed by atoms with Crippen molar-refractivity contribution in [1.29, 1.82) is 0 Å². The molecule has 0 saturated carbocycles. The van der Waals surface area contributed by atoms with Crippen molar-refractivity contribution < 1.29 is 23.1 Å². The van der Waals surface area contributed by atoms with Gasteiger partial charge in [0, 0.05) is 24.5 Å². The summed E-state index contributed by atoms with van der Waals surface area (Å²) in [5.41, 5.74) is 1.39. The number of ether oxygens (including phenoxy) is 1. The highest BCUT2D eigenvalue weighted by Crippen LogP contribution is 2.33. The average molecular weight is 508 g/mol. The number of guanidine groups is 1. The van der Waals surface area contributed by atoms with E-state index in [-0.39, 0.29) is 23.2 Å². The maximum absolute atomic E-state index is 12.8. The predicted molar refractivity (Wildman–Crippen MR) is 122 cm³/mol. The molecule has 2 aromatic heterocycles. The van der Waals surface area contributed by atoms with Crippen LogP contribution in [0.4, 0.5) is 19.7 Å². The zero-order valence-corrected chi connectivity index (χ0v) is 19.1. The molecule has 0 unspecified atom stereocenters. The molecule has 0 aliphatic carbocycles. The minimum absolute atomic E-state index is 0.0158. The average Bonchev–Trinajstić information content (AvgIpc) is 3.53. The van der Waals surface area contributed by atoms with Crippen molar-refractivity contribution in [2.45, 2.75) is 13.2 Å². The van der Waals surface area contributed by atoms with Gasteiger partial charge in [-0.3, -0.25) is 24.4 Å². The predicted octanol–water partition coefficient (Wildman–Crippen LogP) is 3.16. The second-order valence-electron chi connectivity index (χ2n) is 7.35. The molecule has 10 nitrogen and oxygen atoms in total. The van der Waals surface area contributed by atoms with E-state index in [2.05, 4.69) is 25.0 Å². The number of thiazole rings is 1. The minimum atomic E-state index is -2.98. The standard InChI is InChI=1S/C20H16ClF2N7O3S/c1-28-17(32)15-16(30-5-4-24-20(28)30)25-9-29(15)7-14(31)27-19-26-12(8-34-19)10-2-3-13(11(21)6-10)33-18(22)23/h2-3,6,8-9,18H,4-5,7H2,1H3,(H,26,27,31). The molecular weight excluding hydrogens is 492 g/mol. The number of aromatic nitrogens is 3. The molecule has 2 amide bonds. The first-order valence-electron chi connectivity index (χ1n) is 9.97. The molecule has 4 heterocycles. The van der Waals surface area contributed by atoms with Crippen LogP contribution in [0.25, 0.3) is 11.3 Å². The number of imidazole rings is 1. The van der Waals surface area contributed by atoms with Gasteiger partial charge in [0.25, 0.3) is 5.91 Å². The Morgan fingerprint density at radius 1 is 1.38 bits per heavy atom. The van der Waals surface area contributed by atoms with Crippen molar-refractivity contribution in [2.75, 3.05) is 30.4 Å². The number of aliphatic imine (C=N–C) groups is 1. The second-order valence-corrected chi connectivity index (χ2v) is 8.62. The molecule has 2 aliphatic rings. The van der Waals surface area contributed by atoms with E-state index in [1.807, 2.05) is 4.90 Å². The summed E-state index contributed by atoms with van der Waals surface area (Å²) < 4.78 is 30.6. The Kier molecular flexibility index (Phi) is 5.65. The maximum Gasteiger partial charge on any atom is 0.387 e. The summed E-state index contributed by atoms with van der Waals surface area (Å²) in [5, 5.41) is 4.74. The Labute approximate surface area is 200 Å². The molecule has 3 aromatic rings. The summed E-state index contributed by atoms with van der Waals surface area (Å²) in [4.78, 5) is 41.8. The van der Waals surface area contributed by atoms with Crippen molar-refractivity contribution in [3.05, 3.63) is 40.6 Å². The Morgan fingerprint density at radius 3 is 2.97 bits per heavy atom. The van der Waals surface area contributed by atoms with E-state index < -0.39 is 12.5 Å². The van der Waals surface area contributed by atoms with Gasteiger partial charge in [-0.05, 0) is 18.2 Å². The van der Waals surface area contributed by atoms with Crippen molar-refractivity contribution >= 4 is 51.7 Å². The van der Waals surface area contributed by atoms with Gasteiger partial charge in [0.2, 0.25) is 11.9 Å². The molecule has 5 rings (SSSR count). The number of nitrogens with zero attached hydrogens (tertiary/aromatic N) is 6. The van der Waals surface area contributed by atoms with E-state index in [1.165, 1.54) is 39.3 Å². The van der Waals surface area contributed by atoms with Gasteiger partial charge in [-0.15, -0.1) is 11.3 Å². The van der Waals surface area contributed by atoms with Gasteiger partial charge < -0.3 is 14.6 Å². The number of carbonyl (C=O) groups is 2. The first-order valence-corrected chi connectivity index (χ1v) is 11.2. The quantitative estimate of drug-likeness (QED) is 0.549. The molecule has 0 spiro atoms. The smallest absolute Gasteiger partial charge is 0.387 e. The van der Waals surface area contributed by atoms with E-state index in [0.29, 0.717) is 46.9 Å². The number of benzene rings is 1. The van der Waals surface area contributed by atoms with Crippen LogP contribution in [0.5, 0.6) is 5.75 Å². The number of amides is 2. The molecule has 2 aliphatic heterocycles. The van der Waals surface area contributed by atoms with Crippen molar-refractivity contribution in [1.82, 2.24) is 19.4 Å². The summed E-state index contributed by atoms with van der Waals surface area (Å²) in [5.74, 6) is 0.220. The van der Waals surface area contributed by atoms with Crippen LogP contribution >= 0.6 is 22.9 Å². The molecule has 1 aromatic carbocycles. The number of alkyl halides is 2. The van der Waals surface area contributed by atoms with E-state index in [4.69, 9.17) is 11.6 Å². The topological polar surface area (TPSA) is 105 Å². The highest BCUT2D eigenvalue weighted by molar-refractivity contribution is 7.14. The van der Waals surface area contributed by atoms with Crippen molar-refractivity contribution in [3.8, 4) is 17.0 Å². The number of hydrogen-bond acceptors (Lipinski definition) is 8. The lowest BCUT2D eigenvalue weighted by molar-refractivity contribution is -0.116. The highest BCUT2D eigenvalue weighted by atomic mass is 35.5. The first kappa shape index (κ1) is 22.2. The molecule has 176 valence electrons. The summed E-state index contributed by atoms with van der Waals surface area (Å²) in [7, 11) is 1.63. The third-order valence-electron chi connectivity index (χ3n) is 5.21. The van der Waals surface area contributed by atoms with Gasteiger partial charge in [0.05, 0.1) is 23.6 Å². The van der Waals surface area contributed by atoms with Gasteiger partial charge in [-0.25, -0.2) is 9.97 Å². The highest BCUT2D eigenvalue weighted by Gasteiger charge is 2.38. The molecule has 0 fully saturated rings. The lowest BCUT2D eigenvalue weighted by atomic mass is 10.2. The summed E-state index contributed by atoms with van der Waals surface area (Å²) in [6.07, 6.45) is 1.45. The van der Waals surface area contributed by atoms with Crippen LogP contribution in [0, 0.1) is 0 Å². The molecule has 0 saturated heterocycles. The molecule has 0 atom stereocenters. The van der Waals surface area contributed by atoms with Crippen LogP contribution in [-0.2, 0) is 11.3 Å². The fraction of sp³-hybridized carbons (Fsp3) is 0.250. The van der Waals surface area contributed by atoms with Crippen LogP contribution in [0.1, 0.15) is 10.5 Å². The Morgan fingerprint density at radius 2 is 2.21 bits per heavy atom. The van der Waals surface area contributed by atoms with Crippen LogP contribution in [0.2, 0.25) is 5.02 Å². The summed E-state index contributed by atoms with van der Waals surface area (Å²) in [6, 6.07) is 4.32. The summed E-state index contributed by atoms with van der Waals surface area (Å²) >= 11 is 7.19. The number of rotatable bonds is 6. The second kappa shape index (κ2) is 8.65. The maximum atomic E-state index is 12.8. The molecule has 0 radical (unpaired) electrons. The van der Waals surface area contributed by atoms with Crippen molar-refractivity contribution in [2.24, 2.45) is 4.99 Å². The van der Waals surface area contributed by atoms with Gasteiger partial charge >= 0.3 is 6.61 Å². The number of nitrogens with one attached hydrogen (secondary N) is 1. The number of anilines is 2. The molecule has 1 N–H and O–H groups in total. The lowest BCUT2D eigenvalue weighted by Crippen LogP contribution is -2.48. The monoisotopic (exact) mass is 507 g/mol.